The Morgan fingerprint density at radius 3 is 2.72 bits per heavy atom. The second-order valence-electron chi connectivity index (χ2n) is 8.64. The molecule has 0 atom stereocenters. The summed E-state index contributed by atoms with van der Waals surface area (Å²) in [6.07, 6.45) is 4.44. The number of carbonyl (C=O) groups is 1. The van der Waals surface area contributed by atoms with Gasteiger partial charge in [-0.1, -0.05) is 19.1 Å². The highest BCUT2D eigenvalue weighted by Crippen LogP contribution is 2.34. The monoisotopic (exact) mass is 433 g/mol. The Labute approximate surface area is 189 Å². The van der Waals surface area contributed by atoms with Crippen LogP contribution >= 0.6 is 0 Å². The van der Waals surface area contributed by atoms with Gasteiger partial charge in [-0.3, -0.25) is 4.79 Å². The molecule has 0 radical (unpaired) electrons. The zero-order valence-corrected chi connectivity index (χ0v) is 18.7. The number of benzene rings is 2. The Morgan fingerprint density at radius 2 is 1.88 bits per heavy atom. The van der Waals surface area contributed by atoms with Gasteiger partial charge in [-0.15, -0.1) is 0 Å². The van der Waals surface area contributed by atoms with Crippen molar-refractivity contribution >= 4 is 28.3 Å². The third-order valence-electron chi connectivity index (χ3n) is 6.63. The zero-order chi connectivity index (χ0) is 21.9. The van der Waals surface area contributed by atoms with Gasteiger partial charge < -0.3 is 24.3 Å². The van der Waals surface area contributed by atoms with E-state index >= 15 is 0 Å². The van der Waals surface area contributed by atoms with Crippen LogP contribution in [0.2, 0.25) is 0 Å². The van der Waals surface area contributed by atoms with E-state index in [4.69, 9.17) is 9.15 Å². The molecule has 1 aliphatic heterocycles. The van der Waals surface area contributed by atoms with Gasteiger partial charge in [0, 0.05) is 43.5 Å². The summed E-state index contributed by atoms with van der Waals surface area (Å²) in [6, 6.07) is 13.9. The molecule has 0 unspecified atom stereocenters. The number of hydrogen-bond donors (Lipinski definition) is 1. The summed E-state index contributed by atoms with van der Waals surface area (Å²) in [7, 11) is 0. The van der Waals surface area contributed by atoms with Gasteiger partial charge in [0.05, 0.1) is 11.4 Å². The number of nitrogens with zero attached hydrogens (tertiary/aromatic N) is 2. The number of piperazine rings is 1. The lowest BCUT2D eigenvalue weighted by Gasteiger charge is -2.36. The average molecular weight is 434 g/mol. The molecule has 2 aliphatic rings. The molecule has 0 saturated carbocycles. The molecule has 2 aromatic carbocycles. The first-order valence-electron chi connectivity index (χ1n) is 11.7. The van der Waals surface area contributed by atoms with E-state index in [0.717, 1.165) is 73.7 Å². The van der Waals surface area contributed by atoms with E-state index in [-0.39, 0.29) is 12.5 Å². The number of furan rings is 1. The van der Waals surface area contributed by atoms with Gasteiger partial charge in [0.1, 0.15) is 17.1 Å². The quantitative estimate of drug-likeness (QED) is 0.622. The minimum absolute atomic E-state index is 0.0243. The fraction of sp³-hybridized carbons (Fsp3) is 0.423. The number of hydrogen-bond acceptors (Lipinski definition) is 5. The van der Waals surface area contributed by atoms with Gasteiger partial charge in [0.25, 0.3) is 5.91 Å². The van der Waals surface area contributed by atoms with Crippen LogP contribution in [0.15, 0.2) is 46.9 Å². The minimum Gasteiger partial charge on any atom is -0.484 e. The highest BCUT2D eigenvalue weighted by atomic mass is 16.5. The molecule has 1 fully saturated rings. The van der Waals surface area contributed by atoms with Crippen LogP contribution < -0.4 is 15.0 Å². The summed E-state index contributed by atoms with van der Waals surface area (Å²) in [6.45, 7) is 7.27. The summed E-state index contributed by atoms with van der Waals surface area (Å²) in [5.41, 5.74) is 4.12. The normalized spacial score (nSPS) is 16.7. The van der Waals surface area contributed by atoms with Crippen LogP contribution in [-0.4, -0.2) is 50.1 Å². The SMILES string of the molecule is CCN1CCN(c2ccccc2NC(=O)COc2ccc3oc4c(c3c2)CCCC4)CC1. The number of rotatable bonds is 6. The Bertz CT molecular complexity index is 1100. The third-order valence-corrected chi connectivity index (χ3v) is 6.63. The highest BCUT2D eigenvalue weighted by molar-refractivity contribution is 5.95. The average Bonchev–Trinajstić information content (AvgIpc) is 3.21. The summed E-state index contributed by atoms with van der Waals surface area (Å²) in [5.74, 6) is 1.65. The van der Waals surface area contributed by atoms with Gasteiger partial charge in [-0.2, -0.15) is 0 Å². The Kier molecular flexibility index (Phi) is 6.04. The molecule has 6 nitrogen and oxygen atoms in total. The molecule has 0 spiro atoms. The number of amides is 1. The minimum atomic E-state index is -0.154. The molecule has 5 rings (SSSR count). The fourth-order valence-corrected chi connectivity index (χ4v) is 4.83. The van der Waals surface area contributed by atoms with E-state index in [1.807, 2.05) is 36.4 Å². The van der Waals surface area contributed by atoms with E-state index in [1.165, 1.54) is 18.4 Å². The zero-order valence-electron chi connectivity index (χ0n) is 18.7. The predicted molar refractivity (Wildman–Crippen MR) is 128 cm³/mol. The maximum absolute atomic E-state index is 12.7. The van der Waals surface area contributed by atoms with Crippen molar-refractivity contribution in [1.29, 1.82) is 0 Å². The number of carbonyl (C=O) groups excluding carboxylic acids is 1. The van der Waals surface area contributed by atoms with E-state index in [0.29, 0.717) is 5.75 Å². The number of ether oxygens (including phenoxy) is 1. The molecule has 1 saturated heterocycles. The fourth-order valence-electron chi connectivity index (χ4n) is 4.83. The van der Waals surface area contributed by atoms with Crippen molar-refractivity contribution in [2.24, 2.45) is 0 Å². The lowest BCUT2D eigenvalue weighted by molar-refractivity contribution is -0.118. The van der Waals surface area contributed by atoms with Crippen LogP contribution in [0.1, 0.15) is 31.1 Å². The topological polar surface area (TPSA) is 58.0 Å². The number of anilines is 2. The van der Waals surface area contributed by atoms with Gasteiger partial charge in [-0.05, 0) is 56.1 Å². The van der Waals surface area contributed by atoms with Crippen LogP contribution in [0.5, 0.6) is 5.75 Å². The number of nitrogens with one attached hydrogen (secondary N) is 1. The van der Waals surface area contributed by atoms with Crippen LogP contribution in [0.3, 0.4) is 0 Å². The largest absolute Gasteiger partial charge is 0.484 e. The molecule has 0 bridgehead atoms. The van der Waals surface area contributed by atoms with E-state index in [2.05, 4.69) is 28.1 Å². The van der Waals surface area contributed by atoms with Crippen molar-refractivity contribution in [3.05, 3.63) is 53.8 Å². The second-order valence-corrected chi connectivity index (χ2v) is 8.64. The highest BCUT2D eigenvalue weighted by Gasteiger charge is 2.20. The Hall–Kier alpha value is -2.99. The maximum atomic E-state index is 12.7. The predicted octanol–water partition coefficient (Wildman–Crippen LogP) is 4.47. The van der Waals surface area contributed by atoms with Gasteiger partial charge >= 0.3 is 0 Å². The summed E-state index contributed by atoms with van der Waals surface area (Å²) >= 11 is 0. The Morgan fingerprint density at radius 1 is 1.06 bits per heavy atom. The first kappa shape index (κ1) is 20.9. The Balaban J connectivity index is 1.23. The van der Waals surface area contributed by atoms with Crippen LogP contribution in [-0.2, 0) is 17.6 Å². The summed E-state index contributed by atoms with van der Waals surface area (Å²) in [5, 5.41) is 4.17. The molecule has 2 heterocycles. The summed E-state index contributed by atoms with van der Waals surface area (Å²) in [4.78, 5) is 17.5. The van der Waals surface area contributed by atoms with Crippen molar-refractivity contribution < 1.29 is 13.9 Å². The standard InChI is InChI=1S/C26H31N3O3/c1-2-28-13-15-29(16-14-28)23-9-5-4-8-22(23)27-26(30)18-31-19-11-12-25-21(17-19)20-7-3-6-10-24(20)32-25/h4-5,8-9,11-12,17H,2-3,6-7,10,13-16,18H2,1H3,(H,27,30). The number of para-hydroxylation sites is 2. The number of aryl methyl sites for hydroxylation is 2. The molecule has 168 valence electrons. The number of fused-ring (bicyclic) bond motifs is 3. The van der Waals surface area contributed by atoms with Crippen LogP contribution in [0, 0.1) is 0 Å². The van der Waals surface area contributed by atoms with Gasteiger partial charge in [0.15, 0.2) is 6.61 Å². The maximum Gasteiger partial charge on any atom is 0.262 e. The van der Waals surface area contributed by atoms with Crippen LogP contribution in [0.4, 0.5) is 11.4 Å². The first-order chi connectivity index (χ1) is 15.7. The molecular formula is C26H31N3O3. The van der Waals surface area contributed by atoms with Crippen LogP contribution in [0.25, 0.3) is 11.0 Å². The molecule has 1 N–H and O–H groups in total. The number of likely N-dealkylation sites (N-methyl/N-ethyl adjacent to an activating group) is 1. The van der Waals surface area contributed by atoms with Gasteiger partial charge in [-0.25, -0.2) is 0 Å². The van der Waals surface area contributed by atoms with Crippen molar-refractivity contribution in [1.82, 2.24) is 4.90 Å². The lowest BCUT2D eigenvalue weighted by Crippen LogP contribution is -2.46. The summed E-state index contributed by atoms with van der Waals surface area (Å²) < 4.78 is 11.8. The van der Waals surface area contributed by atoms with E-state index in [1.54, 1.807) is 0 Å². The van der Waals surface area contributed by atoms with Crippen molar-refractivity contribution in [2.45, 2.75) is 32.6 Å². The second kappa shape index (κ2) is 9.25. The lowest BCUT2D eigenvalue weighted by atomic mass is 9.96. The molecular weight excluding hydrogens is 402 g/mol. The van der Waals surface area contributed by atoms with Crippen molar-refractivity contribution in [3.8, 4) is 5.75 Å². The van der Waals surface area contributed by atoms with Gasteiger partial charge in [0.2, 0.25) is 0 Å². The third kappa shape index (κ3) is 4.32. The van der Waals surface area contributed by atoms with E-state index in [9.17, 15) is 4.79 Å². The first-order valence-corrected chi connectivity index (χ1v) is 11.7. The molecule has 6 heteroatoms. The molecule has 1 aliphatic carbocycles. The van der Waals surface area contributed by atoms with Crippen molar-refractivity contribution in [2.75, 3.05) is 49.5 Å². The molecule has 3 aromatic rings. The molecule has 1 amide bonds. The molecule has 32 heavy (non-hydrogen) atoms. The smallest absolute Gasteiger partial charge is 0.262 e. The molecule has 1 aromatic heterocycles. The van der Waals surface area contributed by atoms with E-state index < -0.39 is 0 Å². The van der Waals surface area contributed by atoms with Crippen molar-refractivity contribution in [3.63, 3.8) is 0 Å².